The molecule has 1 fully saturated rings. The molecule has 2 aromatic rings. The maximum Gasteiger partial charge on any atom is 0.295 e. The minimum absolute atomic E-state index is 0.0551. The molecule has 0 atom stereocenters. The summed E-state index contributed by atoms with van der Waals surface area (Å²) in [7, 11) is 2.13. The Kier molecular flexibility index (Phi) is 3.70. The molecule has 21 heavy (non-hydrogen) atoms. The van der Waals surface area contributed by atoms with E-state index in [9.17, 15) is 10.1 Å². The monoisotopic (exact) mass is 286 g/mol. The van der Waals surface area contributed by atoms with Gasteiger partial charge in [-0.05, 0) is 51.2 Å². The summed E-state index contributed by atoms with van der Waals surface area (Å²) in [6.07, 6.45) is 3.75. The third-order valence-corrected chi connectivity index (χ3v) is 4.02. The number of piperidine rings is 1. The molecular formula is C15H18N4O2. The average molecular weight is 286 g/mol. The van der Waals surface area contributed by atoms with E-state index in [-0.39, 0.29) is 10.6 Å². The zero-order chi connectivity index (χ0) is 14.8. The van der Waals surface area contributed by atoms with Gasteiger partial charge in [-0.2, -0.15) is 0 Å². The molecule has 1 aromatic carbocycles. The number of aromatic nitrogens is 1. The standard InChI is InChI=1S/C15H18N4O2/c1-18-9-6-11(7-10-18)17-13-4-5-14(19(20)21)15-12(13)3-2-8-16-15/h2-5,8,11,17H,6-7,9-10H2,1H3. The lowest BCUT2D eigenvalue weighted by atomic mass is 10.0. The second kappa shape index (κ2) is 5.65. The molecule has 6 nitrogen and oxygen atoms in total. The minimum Gasteiger partial charge on any atom is -0.382 e. The number of nitro benzene ring substituents is 1. The van der Waals surface area contributed by atoms with Crippen molar-refractivity contribution in [3.05, 3.63) is 40.6 Å². The fourth-order valence-corrected chi connectivity index (χ4v) is 2.80. The van der Waals surface area contributed by atoms with E-state index in [1.807, 2.05) is 12.1 Å². The largest absolute Gasteiger partial charge is 0.382 e. The van der Waals surface area contributed by atoms with Crippen LogP contribution >= 0.6 is 0 Å². The molecule has 0 bridgehead atoms. The van der Waals surface area contributed by atoms with Gasteiger partial charge in [-0.15, -0.1) is 0 Å². The molecule has 0 radical (unpaired) electrons. The van der Waals surface area contributed by atoms with Crippen molar-refractivity contribution in [2.75, 3.05) is 25.5 Å². The molecule has 0 amide bonds. The number of pyridine rings is 1. The Balaban J connectivity index is 1.93. The lowest BCUT2D eigenvalue weighted by Crippen LogP contribution is -2.36. The summed E-state index contributed by atoms with van der Waals surface area (Å²) in [4.78, 5) is 17.2. The Morgan fingerprint density at radius 3 is 2.81 bits per heavy atom. The van der Waals surface area contributed by atoms with Crippen LogP contribution in [-0.2, 0) is 0 Å². The van der Waals surface area contributed by atoms with Crippen molar-refractivity contribution >= 4 is 22.3 Å². The number of likely N-dealkylation sites (tertiary alicyclic amines) is 1. The first-order valence-electron chi connectivity index (χ1n) is 7.12. The molecule has 3 rings (SSSR count). The number of nitrogens with one attached hydrogen (secondary N) is 1. The summed E-state index contributed by atoms with van der Waals surface area (Å²) in [5, 5.41) is 15.4. The summed E-state index contributed by atoms with van der Waals surface area (Å²) in [6, 6.07) is 7.43. The van der Waals surface area contributed by atoms with Crippen LogP contribution in [0.2, 0.25) is 0 Å². The maximum atomic E-state index is 11.1. The van der Waals surface area contributed by atoms with E-state index in [4.69, 9.17) is 0 Å². The van der Waals surface area contributed by atoms with E-state index in [0.29, 0.717) is 11.6 Å². The number of rotatable bonds is 3. The lowest BCUT2D eigenvalue weighted by molar-refractivity contribution is -0.383. The van der Waals surface area contributed by atoms with Gasteiger partial charge in [-0.1, -0.05) is 0 Å². The normalized spacial score (nSPS) is 17.0. The molecule has 0 saturated carbocycles. The predicted molar refractivity (Wildman–Crippen MR) is 82.5 cm³/mol. The first-order chi connectivity index (χ1) is 10.1. The van der Waals surface area contributed by atoms with E-state index >= 15 is 0 Å². The van der Waals surface area contributed by atoms with Crippen molar-refractivity contribution in [1.29, 1.82) is 0 Å². The summed E-state index contributed by atoms with van der Waals surface area (Å²) < 4.78 is 0. The summed E-state index contributed by atoms with van der Waals surface area (Å²) >= 11 is 0. The fraction of sp³-hybridized carbons (Fsp3) is 0.400. The van der Waals surface area contributed by atoms with Crippen molar-refractivity contribution in [1.82, 2.24) is 9.88 Å². The van der Waals surface area contributed by atoms with Crippen molar-refractivity contribution in [3.63, 3.8) is 0 Å². The first kappa shape index (κ1) is 13.8. The van der Waals surface area contributed by atoms with Crippen molar-refractivity contribution in [2.45, 2.75) is 18.9 Å². The van der Waals surface area contributed by atoms with Crippen LogP contribution in [0, 0.1) is 10.1 Å². The minimum atomic E-state index is -0.380. The second-order valence-corrected chi connectivity index (χ2v) is 5.51. The molecule has 1 aliphatic heterocycles. The molecule has 110 valence electrons. The molecular weight excluding hydrogens is 268 g/mol. The van der Waals surface area contributed by atoms with Gasteiger partial charge in [0.25, 0.3) is 5.69 Å². The van der Waals surface area contributed by atoms with E-state index in [1.54, 1.807) is 12.3 Å². The van der Waals surface area contributed by atoms with Gasteiger partial charge in [0.1, 0.15) is 5.52 Å². The Bertz CT molecular complexity index is 666. The van der Waals surface area contributed by atoms with Gasteiger partial charge >= 0.3 is 0 Å². The van der Waals surface area contributed by atoms with Gasteiger partial charge in [0.05, 0.1) is 4.92 Å². The maximum absolute atomic E-state index is 11.1. The van der Waals surface area contributed by atoms with E-state index < -0.39 is 0 Å². The Hall–Kier alpha value is -2.21. The van der Waals surface area contributed by atoms with Crippen LogP contribution in [0.1, 0.15) is 12.8 Å². The van der Waals surface area contributed by atoms with Crippen LogP contribution in [-0.4, -0.2) is 41.0 Å². The average Bonchev–Trinajstić information content (AvgIpc) is 2.49. The first-order valence-corrected chi connectivity index (χ1v) is 7.12. The van der Waals surface area contributed by atoms with Crippen LogP contribution in [0.4, 0.5) is 11.4 Å². The highest BCUT2D eigenvalue weighted by Crippen LogP contribution is 2.30. The topological polar surface area (TPSA) is 71.3 Å². The predicted octanol–water partition coefficient (Wildman–Crippen LogP) is 2.65. The van der Waals surface area contributed by atoms with Crippen LogP contribution in [0.3, 0.4) is 0 Å². The number of anilines is 1. The fourth-order valence-electron chi connectivity index (χ4n) is 2.80. The molecule has 6 heteroatoms. The molecule has 1 aliphatic rings. The van der Waals surface area contributed by atoms with Crippen LogP contribution < -0.4 is 5.32 Å². The number of non-ortho nitro benzene ring substituents is 1. The quantitative estimate of drug-likeness (QED) is 0.693. The number of hydrogen-bond acceptors (Lipinski definition) is 5. The summed E-state index contributed by atoms with van der Waals surface area (Å²) in [5.74, 6) is 0. The summed E-state index contributed by atoms with van der Waals surface area (Å²) in [5.41, 5.74) is 1.43. The van der Waals surface area contributed by atoms with Gasteiger partial charge in [0.2, 0.25) is 0 Å². The second-order valence-electron chi connectivity index (χ2n) is 5.51. The smallest absolute Gasteiger partial charge is 0.295 e. The van der Waals surface area contributed by atoms with Gasteiger partial charge in [-0.25, -0.2) is 4.98 Å². The van der Waals surface area contributed by atoms with Crippen LogP contribution in [0.25, 0.3) is 10.9 Å². The third-order valence-electron chi connectivity index (χ3n) is 4.02. The summed E-state index contributed by atoms with van der Waals surface area (Å²) in [6.45, 7) is 2.14. The highest BCUT2D eigenvalue weighted by atomic mass is 16.6. The molecule has 1 N–H and O–H groups in total. The molecule has 2 heterocycles. The van der Waals surface area contributed by atoms with Crippen LogP contribution in [0.5, 0.6) is 0 Å². The molecule has 1 aromatic heterocycles. The Morgan fingerprint density at radius 2 is 2.10 bits per heavy atom. The molecule has 1 saturated heterocycles. The number of benzene rings is 1. The molecule has 0 unspecified atom stereocenters. The van der Waals surface area contributed by atoms with E-state index in [2.05, 4.69) is 22.2 Å². The van der Waals surface area contributed by atoms with E-state index in [1.165, 1.54) is 6.07 Å². The number of fused-ring (bicyclic) bond motifs is 1. The zero-order valence-electron chi connectivity index (χ0n) is 12.0. The number of nitrogens with zero attached hydrogens (tertiary/aromatic N) is 3. The molecule has 0 aliphatic carbocycles. The van der Waals surface area contributed by atoms with Crippen molar-refractivity contribution in [2.24, 2.45) is 0 Å². The SMILES string of the molecule is CN1CCC(Nc2ccc([N+](=O)[O-])c3ncccc23)CC1. The Morgan fingerprint density at radius 1 is 1.33 bits per heavy atom. The molecule has 0 spiro atoms. The Labute approximate surface area is 122 Å². The highest BCUT2D eigenvalue weighted by Gasteiger charge is 2.19. The van der Waals surface area contributed by atoms with Crippen LogP contribution in [0.15, 0.2) is 30.5 Å². The third kappa shape index (κ3) is 2.80. The van der Waals surface area contributed by atoms with Crippen molar-refractivity contribution < 1.29 is 4.92 Å². The van der Waals surface area contributed by atoms with Crippen molar-refractivity contribution in [3.8, 4) is 0 Å². The van der Waals surface area contributed by atoms with E-state index in [0.717, 1.165) is 37.0 Å². The number of nitro groups is 1. The zero-order valence-corrected chi connectivity index (χ0v) is 12.0. The van der Waals surface area contributed by atoms with Gasteiger partial charge in [0, 0.05) is 29.4 Å². The van der Waals surface area contributed by atoms with Gasteiger partial charge < -0.3 is 10.2 Å². The highest BCUT2D eigenvalue weighted by molar-refractivity contribution is 5.96. The van der Waals surface area contributed by atoms with Gasteiger partial charge in [0.15, 0.2) is 0 Å². The number of hydrogen-bond donors (Lipinski definition) is 1. The lowest BCUT2D eigenvalue weighted by Gasteiger charge is -2.30. The van der Waals surface area contributed by atoms with Gasteiger partial charge in [-0.3, -0.25) is 10.1 Å².